The van der Waals surface area contributed by atoms with Crippen LogP contribution >= 0.6 is 12.2 Å². The lowest BCUT2D eigenvalue weighted by Crippen LogP contribution is -2.37. The van der Waals surface area contributed by atoms with E-state index in [1.165, 1.54) is 0 Å². The smallest absolute Gasteiger partial charge is 0.305 e. The van der Waals surface area contributed by atoms with Crippen molar-refractivity contribution in [1.29, 1.82) is 0 Å². The van der Waals surface area contributed by atoms with Gasteiger partial charge in [0.05, 0.1) is 6.42 Å². The number of rotatable bonds is 6. The molecule has 0 amide bonds. The number of aliphatic carboxylic acids is 1. The first-order valence-corrected chi connectivity index (χ1v) is 7.09. The summed E-state index contributed by atoms with van der Waals surface area (Å²) in [6.45, 7) is 0.226. The number of carboxylic acid groups (broad SMARTS) is 1. The number of thiocarbonyl (C=S) groups is 1. The van der Waals surface area contributed by atoms with Crippen molar-refractivity contribution in [2.45, 2.75) is 6.42 Å². The summed E-state index contributed by atoms with van der Waals surface area (Å²) in [5, 5.41) is 8.91. The van der Waals surface area contributed by atoms with Gasteiger partial charge in [0.15, 0.2) is 5.11 Å². The van der Waals surface area contributed by atoms with E-state index in [2.05, 4.69) is 0 Å². The molecule has 0 aliphatic carbocycles. The molecule has 3 N–H and O–H groups in total. The summed E-state index contributed by atoms with van der Waals surface area (Å²) in [6.07, 6.45) is -0.0421. The summed E-state index contributed by atoms with van der Waals surface area (Å²) in [5.74, 6) is 0.522. The minimum Gasteiger partial charge on any atom is -0.481 e. The van der Waals surface area contributed by atoms with Gasteiger partial charge in [0.25, 0.3) is 0 Å². The van der Waals surface area contributed by atoms with Gasteiger partial charge in [-0.25, -0.2) is 0 Å². The molecule has 0 saturated heterocycles. The van der Waals surface area contributed by atoms with Gasteiger partial charge in [0.2, 0.25) is 0 Å². The standard InChI is InChI=1S/C16H16N2O3S/c17-16(22)18(11-10-15(19)20)12-6-8-14(9-7-12)21-13-4-2-1-3-5-13/h1-9H,10-11H2,(H2,17,22)(H,19,20). The fourth-order valence-electron chi connectivity index (χ4n) is 1.89. The van der Waals surface area contributed by atoms with Gasteiger partial charge < -0.3 is 20.5 Å². The van der Waals surface area contributed by atoms with Crippen LogP contribution in [0.3, 0.4) is 0 Å². The Morgan fingerprint density at radius 1 is 1.09 bits per heavy atom. The molecule has 22 heavy (non-hydrogen) atoms. The molecule has 0 atom stereocenters. The Morgan fingerprint density at radius 2 is 1.68 bits per heavy atom. The third kappa shape index (κ3) is 4.46. The van der Waals surface area contributed by atoms with Crippen LogP contribution in [-0.2, 0) is 4.79 Å². The number of nitrogens with zero attached hydrogens (tertiary/aromatic N) is 1. The largest absolute Gasteiger partial charge is 0.481 e. The van der Waals surface area contributed by atoms with Gasteiger partial charge in [-0.2, -0.15) is 0 Å². The number of hydrogen-bond acceptors (Lipinski definition) is 3. The molecule has 0 aliphatic rings. The van der Waals surface area contributed by atoms with E-state index in [4.69, 9.17) is 27.8 Å². The fraction of sp³-hybridized carbons (Fsp3) is 0.125. The van der Waals surface area contributed by atoms with E-state index in [9.17, 15) is 4.79 Å². The zero-order valence-electron chi connectivity index (χ0n) is 11.8. The monoisotopic (exact) mass is 316 g/mol. The van der Waals surface area contributed by atoms with Gasteiger partial charge in [-0.3, -0.25) is 4.79 Å². The first kappa shape index (κ1) is 15.8. The van der Waals surface area contributed by atoms with E-state index >= 15 is 0 Å². The maximum Gasteiger partial charge on any atom is 0.305 e. The molecule has 6 heteroatoms. The van der Waals surface area contributed by atoms with Crippen LogP contribution in [0, 0.1) is 0 Å². The molecule has 0 radical (unpaired) electrons. The average molecular weight is 316 g/mol. The van der Waals surface area contributed by atoms with Gasteiger partial charge >= 0.3 is 5.97 Å². The highest BCUT2D eigenvalue weighted by molar-refractivity contribution is 7.80. The van der Waals surface area contributed by atoms with Gasteiger partial charge in [-0.05, 0) is 48.6 Å². The summed E-state index contributed by atoms with van der Waals surface area (Å²) >= 11 is 4.97. The molecule has 0 aliphatic heterocycles. The second-order valence-corrected chi connectivity index (χ2v) is 4.96. The number of anilines is 1. The minimum atomic E-state index is -0.898. The van der Waals surface area contributed by atoms with Crippen molar-refractivity contribution in [3.8, 4) is 11.5 Å². The quantitative estimate of drug-likeness (QED) is 0.798. The molecule has 0 saturated carbocycles. The van der Waals surface area contributed by atoms with E-state index < -0.39 is 5.97 Å². The maximum absolute atomic E-state index is 10.7. The highest BCUT2D eigenvalue weighted by atomic mass is 32.1. The minimum absolute atomic E-state index is 0.0421. The van der Waals surface area contributed by atoms with E-state index in [1.807, 2.05) is 30.3 Å². The molecule has 0 spiro atoms. The first-order chi connectivity index (χ1) is 10.6. The molecular formula is C16H16N2O3S. The lowest BCUT2D eigenvalue weighted by Gasteiger charge is -2.22. The zero-order chi connectivity index (χ0) is 15.9. The van der Waals surface area contributed by atoms with Crippen LogP contribution in [0.4, 0.5) is 5.69 Å². The number of ether oxygens (including phenoxy) is 1. The maximum atomic E-state index is 10.7. The van der Waals surface area contributed by atoms with Gasteiger partial charge in [-0.1, -0.05) is 18.2 Å². The van der Waals surface area contributed by atoms with E-state index in [0.717, 1.165) is 11.4 Å². The Labute approximate surface area is 133 Å². The van der Waals surface area contributed by atoms with Crippen molar-refractivity contribution >= 4 is 29.0 Å². The molecule has 0 bridgehead atoms. The normalized spacial score (nSPS) is 10.0. The van der Waals surface area contributed by atoms with E-state index in [0.29, 0.717) is 5.75 Å². The second kappa shape index (κ2) is 7.42. The number of para-hydroxylation sites is 1. The van der Waals surface area contributed by atoms with Crippen molar-refractivity contribution < 1.29 is 14.6 Å². The Hall–Kier alpha value is -2.60. The van der Waals surface area contributed by atoms with Crippen molar-refractivity contribution in [1.82, 2.24) is 0 Å². The molecule has 2 aromatic carbocycles. The second-order valence-electron chi connectivity index (χ2n) is 4.54. The van der Waals surface area contributed by atoms with Crippen molar-refractivity contribution in [2.24, 2.45) is 5.73 Å². The number of carbonyl (C=O) groups is 1. The van der Waals surface area contributed by atoms with Crippen LogP contribution in [0.15, 0.2) is 54.6 Å². The molecule has 2 rings (SSSR count). The number of hydrogen-bond donors (Lipinski definition) is 2. The van der Waals surface area contributed by atoms with Crippen LogP contribution in [-0.4, -0.2) is 22.7 Å². The van der Waals surface area contributed by atoms with Crippen LogP contribution in [0.5, 0.6) is 11.5 Å². The number of benzene rings is 2. The number of nitrogens with two attached hydrogens (primary N) is 1. The summed E-state index contributed by atoms with van der Waals surface area (Å²) in [4.78, 5) is 12.3. The Balaban J connectivity index is 2.09. The van der Waals surface area contributed by atoms with Crippen molar-refractivity contribution in [2.75, 3.05) is 11.4 Å². The molecule has 5 nitrogen and oxygen atoms in total. The van der Waals surface area contributed by atoms with Gasteiger partial charge in [0, 0.05) is 12.2 Å². The number of carboxylic acids is 1. The third-order valence-corrected chi connectivity index (χ3v) is 3.16. The molecule has 0 unspecified atom stereocenters. The lowest BCUT2D eigenvalue weighted by molar-refractivity contribution is -0.136. The summed E-state index contributed by atoms with van der Waals surface area (Å²) < 4.78 is 5.70. The molecular weight excluding hydrogens is 300 g/mol. The molecule has 0 aromatic heterocycles. The molecule has 0 fully saturated rings. The van der Waals surface area contributed by atoms with Crippen LogP contribution in [0.2, 0.25) is 0 Å². The van der Waals surface area contributed by atoms with Crippen LogP contribution in [0.1, 0.15) is 6.42 Å². The average Bonchev–Trinajstić information content (AvgIpc) is 2.49. The van der Waals surface area contributed by atoms with Crippen LogP contribution < -0.4 is 15.4 Å². The predicted octanol–water partition coefficient (Wildman–Crippen LogP) is 3.00. The highest BCUT2D eigenvalue weighted by Gasteiger charge is 2.11. The predicted molar refractivity (Wildman–Crippen MR) is 89.3 cm³/mol. The van der Waals surface area contributed by atoms with Crippen molar-refractivity contribution in [3.63, 3.8) is 0 Å². The van der Waals surface area contributed by atoms with E-state index in [1.54, 1.807) is 29.2 Å². The summed E-state index contributed by atoms with van der Waals surface area (Å²) in [6, 6.07) is 16.6. The summed E-state index contributed by atoms with van der Waals surface area (Å²) in [7, 11) is 0. The highest BCUT2D eigenvalue weighted by Crippen LogP contribution is 2.24. The Bertz CT molecular complexity index is 644. The summed E-state index contributed by atoms with van der Waals surface area (Å²) in [5.41, 5.74) is 6.38. The van der Waals surface area contributed by atoms with Gasteiger partial charge in [0.1, 0.15) is 11.5 Å². The fourth-order valence-corrected chi connectivity index (χ4v) is 2.09. The van der Waals surface area contributed by atoms with E-state index in [-0.39, 0.29) is 18.1 Å². The Kier molecular flexibility index (Phi) is 5.32. The van der Waals surface area contributed by atoms with Crippen LogP contribution in [0.25, 0.3) is 0 Å². The van der Waals surface area contributed by atoms with Crippen molar-refractivity contribution in [3.05, 3.63) is 54.6 Å². The molecule has 2 aromatic rings. The Morgan fingerprint density at radius 3 is 2.23 bits per heavy atom. The molecule has 114 valence electrons. The topological polar surface area (TPSA) is 75.8 Å². The molecule has 0 heterocycles. The third-order valence-electron chi connectivity index (χ3n) is 2.94. The lowest BCUT2D eigenvalue weighted by atomic mass is 10.2. The SMILES string of the molecule is NC(=S)N(CCC(=O)O)c1ccc(Oc2ccccc2)cc1. The first-order valence-electron chi connectivity index (χ1n) is 6.68. The van der Waals surface area contributed by atoms with Gasteiger partial charge in [-0.15, -0.1) is 0 Å². The zero-order valence-corrected chi connectivity index (χ0v) is 12.6.